The van der Waals surface area contributed by atoms with E-state index in [9.17, 15) is 27.6 Å². The number of aliphatic carboxylic acids is 1. The maximum Gasteiger partial charge on any atom is 0.394 e. The van der Waals surface area contributed by atoms with Gasteiger partial charge in [0, 0.05) is 32.0 Å². The van der Waals surface area contributed by atoms with E-state index in [-0.39, 0.29) is 6.54 Å². The predicted molar refractivity (Wildman–Crippen MR) is 84.2 cm³/mol. The molecular formula is C16H18F3N3O5. The molecule has 148 valence electrons. The van der Waals surface area contributed by atoms with Gasteiger partial charge in [0.05, 0.1) is 11.8 Å². The molecule has 2 rings (SSSR count). The molecule has 8 nitrogen and oxygen atoms in total. The van der Waals surface area contributed by atoms with E-state index in [1.165, 1.54) is 0 Å². The van der Waals surface area contributed by atoms with Crippen LogP contribution in [0.5, 0.6) is 0 Å². The lowest BCUT2D eigenvalue weighted by molar-refractivity contribution is -0.188. The number of pyridine rings is 1. The normalized spacial score (nSPS) is 19.7. The molecular weight excluding hydrogens is 371 g/mol. The number of rotatable bonds is 7. The summed E-state index contributed by atoms with van der Waals surface area (Å²) in [5.74, 6) is -6.75. The van der Waals surface area contributed by atoms with Crippen LogP contribution in [0, 0.1) is 11.8 Å². The van der Waals surface area contributed by atoms with Gasteiger partial charge in [-0.1, -0.05) is 6.07 Å². The van der Waals surface area contributed by atoms with Crippen LogP contribution in [0.2, 0.25) is 0 Å². The molecule has 0 unspecified atom stereocenters. The summed E-state index contributed by atoms with van der Waals surface area (Å²) >= 11 is 0. The zero-order valence-electron chi connectivity index (χ0n) is 14.1. The van der Waals surface area contributed by atoms with E-state index in [0.29, 0.717) is 0 Å². The first kappa shape index (κ1) is 20.6. The molecule has 1 saturated heterocycles. The highest BCUT2D eigenvalue weighted by atomic mass is 19.4. The Morgan fingerprint density at radius 1 is 1.30 bits per heavy atom. The van der Waals surface area contributed by atoms with Crippen molar-refractivity contribution in [3.05, 3.63) is 30.1 Å². The first-order valence-electron chi connectivity index (χ1n) is 7.99. The maximum atomic E-state index is 12.9. The quantitative estimate of drug-likeness (QED) is 0.700. The van der Waals surface area contributed by atoms with Gasteiger partial charge in [-0.25, -0.2) is 0 Å². The van der Waals surface area contributed by atoms with Gasteiger partial charge in [0.25, 0.3) is 0 Å². The largest absolute Gasteiger partial charge is 0.481 e. The Kier molecular flexibility index (Phi) is 6.72. The lowest BCUT2D eigenvalue weighted by Crippen LogP contribution is -2.35. The first-order valence-corrected chi connectivity index (χ1v) is 7.99. The number of carbonyl (C=O) groups excluding carboxylic acids is 2. The van der Waals surface area contributed by atoms with Crippen molar-refractivity contribution in [1.29, 1.82) is 0 Å². The number of halogens is 3. The number of alkyl halides is 3. The molecule has 0 radical (unpaired) electrons. The minimum atomic E-state index is -4.72. The number of carboxylic acids is 1. The summed E-state index contributed by atoms with van der Waals surface area (Å²) in [5.41, 5.74) is 0.761. The van der Waals surface area contributed by atoms with Crippen molar-refractivity contribution >= 4 is 17.8 Å². The van der Waals surface area contributed by atoms with Gasteiger partial charge in [0.15, 0.2) is 0 Å². The van der Waals surface area contributed by atoms with Crippen LogP contribution >= 0.6 is 0 Å². The fourth-order valence-electron chi connectivity index (χ4n) is 2.67. The van der Waals surface area contributed by atoms with Gasteiger partial charge in [-0.2, -0.15) is 13.2 Å². The van der Waals surface area contributed by atoms with Crippen LogP contribution in [-0.4, -0.2) is 65.3 Å². The molecule has 1 aromatic heterocycles. The van der Waals surface area contributed by atoms with Gasteiger partial charge < -0.3 is 20.1 Å². The minimum Gasteiger partial charge on any atom is -0.481 e. The fraction of sp³-hybridized carbons (Fsp3) is 0.500. The summed E-state index contributed by atoms with van der Waals surface area (Å²) in [4.78, 5) is 39.3. The summed E-state index contributed by atoms with van der Waals surface area (Å²) in [6.45, 7) is -2.14. The SMILES string of the molecule is O=C(COCC(=O)N1C[C@@H](C(F)(F)F)[C@H](C(=O)O)C1)NCc1cccnc1. The lowest BCUT2D eigenvalue weighted by Gasteiger charge is -2.18. The molecule has 1 aromatic rings. The Balaban J connectivity index is 1.75. The van der Waals surface area contributed by atoms with Crippen molar-refractivity contribution < 1.29 is 37.4 Å². The number of carbonyl (C=O) groups is 3. The van der Waals surface area contributed by atoms with E-state index in [4.69, 9.17) is 9.84 Å². The van der Waals surface area contributed by atoms with Crippen LogP contribution in [-0.2, 0) is 25.7 Å². The van der Waals surface area contributed by atoms with E-state index in [1.54, 1.807) is 24.5 Å². The Hall–Kier alpha value is -2.69. The Labute approximate surface area is 152 Å². The molecule has 2 N–H and O–H groups in total. The fourth-order valence-corrected chi connectivity index (χ4v) is 2.67. The monoisotopic (exact) mass is 389 g/mol. The number of aromatic nitrogens is 1. The first-order chi connectivity index (χ1) is 12.7. The molecule has 1 fully saturated rings. The summed E-state index contributed by atoms with van der Waals surface area (Å²) in [5, 5.41) is 11.5. The number of hydrogen-bond acceptors (Lipinski definition) is 5. The Morgan fingerprint density at radius 2 is 2.04 bits per heavy atom. The van der Waals surface area contributed by atoms with Gasteiger partial charge in [-0.15, -0.1) is 0 Å². The third kappa shape index (κ3) is 5.91. The molecule has 1 aliphatic rings. The highest BCUT2D eigenvalue weighted by Gasteiger charge is 2.53. The molecule has 1 aliphatic heterocycles. The van der Waals surface area contributed by atoms with Crippen LogP contribution in [0.3, 0.4) is 0 Å². The highest BCUT2D eigenvalue weighted by molar-refractivity contribution is 5.81. The molecule has 2 atom stereocenters. The van der Waals surface area contributed by atoms with E-state index in [2.05, 4.69) is 10.3 Å². The van der Waals surface area contributed by atoms with Crippen molar-refractivity contribution in [2.45, 2.75) is 12.7 Å². The summed E-state index contributed by atoms with van der Waals surface area (Å²) in [6, 6.07) is 3.45. The zero-order chi connectivity index (χ0) is 20.0. The van der Waals surface area contributed by atoms with Crippen LogP contribution in [0.25, 0.3) is 0 Å². The number of carboxylic acid groups (broad SMARTS) is 1. The molecule has 2 heterocycles. The summed E-state index contributed by atoms with van der Waals surface area (Å²) in [7, 11) is 0. The van der Waals surface area contributed by atoms with E-state index < -0.39 is 62.1 Å². The maximum absolute atomic E-state index is 12.9. The second-order valence-electron chi connectivity index (χ2n) is 6.02. The topological polar surface area (TPSA) is 109 Å². The average Bonchev–Trinajstić information content (AvgIpc) is 3.07. The van der Waals surface area contributed by atoms with Gasteiger partial charge in [0.1, 0.15) is 13.2 Å². The van der Waals surface area contributed by atoms with E-state index >= 15 is 0 Å². The van der Waals surface area contributed by atoms with E-state index in [0.717, 1.165) is 10.5 Å². The molecule has 11 heteroatoms. The zero-order valence-corrected chi connectivity index (χ0v) is 14.1. The molecule has 2 amide bonds. The Bertz CT molecular complexity index is 684. The second-order valence-corrected chi connectivity index (χ2v) is 6.02. The number of hydrogen-bond donors (Lipinski definition) is 2. The van der Waals surface area contributed by atoms with Crippen molar-refractivity contribution in [3.8, 4) is 0 Å². The molecule has 0 aliphatic carbocycles. The van der Waals surface area contributed by atoms with Gasteiger partial charge in [-0.3, -0.25) is 19.4 Å². The number of ether oxygens (including phenoxy) is 1. The van der Waals surface area contributed by atoms with Crippen LogP contribution < -0.4 is 5.32 Å². The standard InChI is InChI=1S/C16H18F3N3O5/c17-16(18,19)12-7-22(6-11(12)15(25)26)14(24)9-27-8-13(23)21-5-10-2-1-3-20-4-10/h1-4,11-12H,5-9H2,(H,21,23)(H,25,26)/t11-,12-/m1/s1. The third-order valence-corrected chi connectivity index (χ3v) is 4.08. The van der Waals surface area contributed by atoms with Gasteiger partial charge in [0.2, 0.25) is 11.8 Å². The van der Waals surface area contributed by atoms with Crippen LogP contribution in [0.1, 0.15) is 5.56 Å². The van der Waals surface area contributed by atoms with E-state index in [1.807, 2.05) is 0 Å². The van der Waals surface area contributed by atoms with Crippen molar-refractivity contribution in [2.24, 2.45) is 11.8 Å². The minimum absolute atomic E-state index is 0.212. The van der Waals surface area contributed by atoms with Crippen molar-refractivity contribution in [1.82, 2.24) is 15.2 Å². The number of likely N-dealkylation sites (tertiary alicyclic amines) is 1. The molecule has 0 saturated carbocycles. The highest BCUT2D eigenvalue weighted by Crippen LogP contribution is 2.37. The number of nitrogens with zero attached hydrogens (tertiary/aromatic N) is 2. The van der Waals surface area contributed by atoms with Crippen molar-refractivity contribution in [3.63, 3.8) is 0 Å². The molecule has 0 spiro atoms. The molecule has 27 heavy (non-hydrogen) atoms. The van der Waals surface area contributed by atoms with Crippen LogP contribution in [0.4, 0.5) is 13.2 Å². The molecule has 0 aromatic carbocycles. The third-order valence-electron chi connectivity index (χ3n) is 4.08. The smallest absolute Gasteiger partial charge is 0.394 e. The number of nitrogens with one attached hydrogen (secondary N) is 1. The Morgan fingerprint density at radius 3 is 2.59 bits per heavy atom. The second kappa shape index (κ2) is 8.80. The average molecular weight is 389 g/mol. The number of amides is 2. The van der Waals surface area contributed by atoms with Crippen molar-refractivity contribution in [2.75, 3.05) is 26.3 Å². The molecule has 0 bridgehead atoms. The summed E-state index contributed by atoms with van der Waals surface area (Å²) in [6.07, 6.45) is -1.57. The van der Waals surface area contributed by atoms with Gasteiger partial charge in [-0.05, 0) is 11.6 Å². The lowest BCUT2D eigenvalue weighted by atomic mass is 9.96. The predicted octanol–water partition coefficient (Wildman–Crippen LogP) is 0.436. The summed E-state index contributed by atoms with van der Waals surface area (Å²) < 4.78 is 43.6. The van der Waals surface area contributed by atoms with Gasteiger partial charge >= 0.3 is 12.1 Å². The van der Waals surface area contributed by atoms with Crippen LogP contribution in [0.15, 0.2) is 24.5 Å².